The van der Waals surface area contributed by atoms with Gasteiger partial charge in [0, 0.05) is 22.9 Å². The molecule has 1 aromatic carbocycles. The maximum absolute atomic E-state index is 10.5. The van der Waals surface area contributed by atoms with E-state index in [1.807, 2.05) is 18.3 Å². The number of hydrogen-bond donors (Lipinski definition) is 3. The van der Waals surface area contributed by atoms with E-state index >= 15 is 0 Å². The number of nitrogens with one attached hydrogen (secondary N) is 2. The van der Waals surface area contributed by atoms with Crippen molar-refractivity contribution in [2.45, 2.75) is 12.8 Å². The molecule has 0 unspecified atom stereocenters. The highest BCUT2D eigenvalue weighted by Crippen LogP contribution is 2.17. The summed E-state index contributed by atoms with van der Waals surface area (Å²) in [6, 6.07) is 8.19. The largest absolute Gasteiger partial charge is 0.361 e. The van der Waals surface area contributed by atoms with Crippen molar-refractivity contribution in [1.82, 2.24) is 10.3 Å². The predicted molar refractivity (Wildman–Crippen MR) is 83.5 cm³/mol. The first kappa shape index (κ1) is 15.4. The molecule has 0 saturated heterocycles. The highest BCUT2D eigenvalue weighted by Gasteiger charge is 2.04. The minimum Gasteiger partial charge on any atom is -0.361 e. The molecule has 0 atom stereocenters. The zero-order chi connectivity index (χ0) is 14.4. The normalized spacial score (nSPS) is 12.1. The number of benzene rings is 1. The third kappa shape index (κ3) is 4.82. The SMILES string of the molecule is O=S(=O)(O)SCCCNCCc1c[nH]c2ccccc12. The van der Waals surface area contributed by atoms with Gasteiger partial charge in [-0.1, -0.05) is 18.2 Å². The summed E-state index contributed by atoms with van der Waals surface area (Å²) in [5.41, 5.74) is 2.42. The van der Waals surface area contributed by atoms with Gasteiger partial charge < -0.3 is 10.3 Å². The van der Waals surface area contributed by atoms with Crippen molar-refractivity contribution in [2.24, 2.45) is 0 Å². The van der Waals surface area contributed by atoms with Crippen LogP contribution in [0.2, 0.25) is 0 Å². The third-order valence-corrected chi connectivity index (χ3v) is 5.12. The first-order valence-electron chi connectivity index (χ1n) is 6.44. The Morgan fingerprint density at radius 1 is 1.25 bits per heavy atom. The molecular formula is C13H18N2O3S2. The van der Waals surface area contributed by atoms with Crippen molar-refractivity contribution in [1.29, 1.82) is 0 Å². The van der Waals surface area contributed by atoms with E-state index < -0.39 is 9.15 Å². The molecule has 2 aromatic rings. The smallest absolute Gasteiger partial charge is 0.319 e. The monoisotopic (exact) mass is 314 g/mol. The van der Waals surface area contributed by atoms with Crippen LogP contribution in [0.25, 0.3) is 10.9 Å². The molecule has 110 valence electrons. The second-order valence-corrected chi connectivity index (χ2v) is 7.93. The van der Waals surface area contributed by atoms with Gasteiger partial charge in [0.25, 0.3) is 0 Å². The Morgan fingerprint density at radius 3 is 2.85 bits per heavy atom. The summed E-state index contributed by atoms with van der Waals surface area (Å²) >= 11 is 0. The topological polar surface area (TPSA) is 82.2 Å². The molecule has 0 saturated carbocycles. The predicted octanol–water partition coefficient (Wildman–Crippen LogP) is 2.23. The molecule has 2 rings (SSSR count). The van der Waals surface area contributed by atoms with Crippen molar-refractivity contribution in [3.8, 4) is 0 Å². The van der Waals surface area contributed by atoms with Crippen LogP contribution >= 0.6 is 10.8 Å². The van der Waals surface area contributed by atoms with Gasteiger partial charge in [0.2, 0.25) is 0 Å². The van der Waals surface area contributed by atoms with E-state index in [0.29, 0.717) is 23.0 Å². The fourth-order valence-electron chi connectivity index (χ4n) is 2.05. The Balaban J connectivity index is 1.66. The van der Waals surface area contributed by atoms with Gasteiger partial charge in [-0.25, -0.2) is 0 Å². The molecule has 0 radical (unpaired) electrons. The number of aromatic amines is 1. The summed E-state index contributed by atoms with van der Waals surface area (Å²) in [5, 5.41) is 4.52. The molecule has 20 heavy (non-hydrogen) atoms. The average Bonchev–Trinajstić information content (AvgIpc) is 2.80. The number of rotatable bonds is 8. The van der Waals surface area contributed by atoms with Crippen molar-refractivity contribution in [3.05, 3.63) is 36.0 Å². The second kappa shape index (κ2) is 7.12. The van der Waals surface area contributed by atoms with Gasteiger partial charge in [-0.15, -0.1) is 0 Å². The Hall–Kier alpha value is -1.02. The molecule has 0 bridgehead atoms. The summed E-state index contributed by atoms with van der Waals surface area (Å²) in [6.07, 6.45) is 3.66. The average molecular weight is 314 g/mol. The van der Waals surface area contributed by atoms with Gasteiger partial charge in [0.15, 0.2) is 0 Å². The molecule has 0 aliphatic rings. The van der Waals surface area contributed by atoms with Crippen LogP contribution in [-0.2, 0) is 15.6 Å². The molecule has 1 aromatic heterocycles. The van der Waals surface area contributed by atoms with E-state index in [2.05, 4.69) is 22.4 Å². The van der Waals surface area contributed by atoms with Gasteiger partial charge in [-0.3, -0.25) is 4.55 Å². The van der Waals surface area contributed by atoms with Gasteiger partial charge in [0.1, 0.15) is 0 Å². The summed E-state index contributed by atoms with van der Waals surface area (Å²) in [7, 11) is -3.32. The van der Waals surface area contributed by atoms with Crippen LogP contribution in [-0.4, -0.2) is 36.8 Å². The fourth-order valence-corrected chi connectivity index (χ4v) is 3.51. The summed E-state index contributed by atoms with van der Waals surface area (Å²) in [4.78, 5) is 3.24. The van der Waals surface area contributed by atoms with E-state index in [9.17, 15) is 8.42 Å². The highest BCUT2D eigenvalue weighted by atomic mass is 33.1. The number of aromatic nitrogens is 1. The van der Waals surface area contributed by atoms with Crippen molar-refractivity contribution in [2.75, 3.05) is 18.8 Å². The third-order valence-electron chi connectivity index (χ3n) is 2.98. The number of fused-ring (bicyclic) bond motifs is 1. The zero-order valence-electron chi connectivity index (χ0n) is 11.0. The minimum absolute atomic E-state index is 0.402. The molecule has 7 heteroatoms. The first-order chi connectivity index (χ1) is 9.56. The lowest BCUT2D eigenvalue weighted by Gasteiger charge is -2.03. The molecule has 0 aliphatic carbocycles. The highest BCUT2D eigenvalue weighted by molar-refractivity contribution is 8.69. The maximum Gasteiger partial charge on any atom is 0.319 e. The molecule has 0 amide bonds. The Labute approximate surface area is 122 Å². The standard InChI is InChI=1S/C13H18N2O3S2/c16-20(17,18)19-9-3-7-14-8-6-11-10-15-13-5-2-1-4-12(11)13/h1-2,4-5,10,14-15H,3,6-9H2,(H,16,17,18). The van der Waals surface area contributed by atoms with Crippen LogP contribution < -0.4 is 5.32 Å². The first-order valence-corrected chi connectivity index (χ1v) is 9.38. The molecular weight excluding hydrogens is 296 g/mol. The maximum atomic E-state index is 10.5. The van der Waals surface area contributed by atoms with E-state index in [1.54, 1.807) is 0 Å². The van der Waals surface area contributed by atoms with Crippen LogP contribution in [0.1, 0.15) is 12.0 Å². The van der Waals surface area contributed by atoms with Crippen LogP contribution in [0, 0.1) is 0 Å². The summed E-state index contributed by atoms with van der Waals surface area (Å²) in [6.45, 7) is 1.59. The fraction of sp³-hybridized carbons (Fsp3) is 0.385. The van der Waals surface area contributed by atoms with E-state index in [1.165, 1.54) is 10.9 Å². The second-order valence-electron chi connectivity index (χ2n) is 4.46. The molecule has 0 fully saturated rings. The van der Waals surface area contributed by atoms with Crippen molar-refractivity contribution >= 4 is 30.8 Å². The van der Waals surface area contributed by atoms with Crippen LogP contribution in [0.5, 0.6) is 0 Å². The quantitative estimate of drug-likeness (QED) is 0.395. The Morgan fingerprint density at radius 2 is 2.05 bits per heavy atom. The van der Waals surface area contributed by atoms with Gasteiger partial charge >= 0.3 is 9.15 Å². The number of hydrogen-bond acceptors (Lipinski definition) is 4. The molecule has 3 N–H and O–H groups in total. The van der Waals surface area contributed by atoms with Crippen molar-refractivity contribution in [3.63, 3.8) is 0 Å². The van der Waals surface area contributed by atoms with Gasteiger partial charge in [-0.05, 0) is 48.4 Å². The molecule has 1 heterocycles. The van der Waals surface area contributed by atoms with Crippen LogP contribution in [0.3, 0.4) is 0 Å². The van der Waals surface area contributed by atoms with E-state index in [4.69, 9.17) is 4.55 Å². The lowest BCUT2D eigenvalue weighted by Crippen LogP contribution is -2.19. The molecule has 0 spiro atoms. The number of para-hydroxylation sites is 1. The molecule has 5 nitrogen and oxygen atoms in total. The van der Waals surface area contributed by atoms with Gasteiger partial charge in [0.05, 0.1) is 0 Å². The Kier molecular flexibility index (Phi) is 5.47. The molecule has 0 aliphatic heterocycles. The minimum atomic E-state index is -3.89. The summed E-state index contributed by atoms with van der Waals surface area (Å²) < 4.78 is 29.5. The van der Waals surface area contributed by atoms with Crippen molar-refractivity contribution < 1.29 is 13.0 Å². The van der Waals surface area contributed by atoms with Crippen LogP contribution in [0.4, 0.5) is 0 Å². The lowest BCUT2D eigenvalue weighted by atomic mass is 10.1. The number of H-pyrrole nitrogens is 1. The van der Waals surface area contributed by atoms with E-state index in [0.717, 1.165) is 25.0 Å². The summed E-state index contributed by atoms with van der Waals surface area (Å²) in [5.74, 6) is 0.402. The Bertz CT molecular complexity index is 652. The zero-order valence-corrected chi connectivity index (χ0v) is 12.6. The van der Waals surface area contributed by atoms with Crippen LogP contribution in [0.15, 0.2) is 30.5 Å². The van der Waals surface area contributed by atoms with E-state index in [-0.39, 0.29) is 0 Å². The van der Waals surface area contributed by atoms with Gasteiger partial charge in [-0.2, -0.15) is 8.42 Å². The lowest BCUT2D eigenvalue weighted by molar-refractivity contribution is 0.503.